The molecule has 2 aromatic rings. The standard InChI is InChI=1S/C13H12N2O2/c1-2-3-10-8-12-11(14-9-10)4-5-13(17)15(12)6-7-16/h2-5,7-9H,6H2,1H3/b3-2+. The number of carbonyl (C=O) groups is 1. The van der Waals surface area contributed by atoms with Crippen LogP contribution in [0, 0.1) is 0 Å². The number of pyridine rings is 2. The van der Waals surface area contributed by atoms with E-state index in [1.807, 2.05) is 25.1 Å². The Hall–Kier alpha value is -2.23. The summed E-state index contributed by atoms with van der Waals surface area (Å²) in [6.45, 7) is 1.96. The summed E-state index contributed by atoms with van der Waals surface area (Å²) < 4.78 is 1.42. The second-order valence-electron chi connectivity index (χ2n) is 3.62. The van der Waals surface area contributed by atoms with E-state index in [0.717, 1.165) is 5.56 Å². The third kappa shape index (κ3) is 2.15. The Kier molecular flexibility index (Phi) is 3.14. The van der Waals surface area contributed by atoms with E-state index in [1.54, 1.807) is 12.3 Å². The number of carbonyl (C=O) groups excluding carboxylic acids is 1. The molecule has 17 heavy (non-hydrogen) atoms. The monoisotopic (exact) mass is 228 g/mol. The van der Waals surface area contributed by atoms with Crippen LogP contribution in [0.1, 0.15) is 12.5 Å². The van der Waals surface area contributed by atoms with Crippen LogP contribution in [0.3, 0.4) is 0 Å². The second kappa shape index (κ2) is 4.74. The fourth-order valence-corrected chi connectivity index (χ4v) is 1.73. The number of fused-ring (bicyclic) bond motifs is 1. The van der Waals surface area contributed by atoms with Gasteiger partial charge >= 0.3 is 0 Å². The van der Waals surface area contributed by atoms with Crippen LogP contribution < -0.4 is 5.56 Å². The second-order valence-corrected chi connectivity index (χ2v) is 3.62. The molecule has 0 spiro atoms. The van der Waals surface area contributed by atoms with E-state index in [2.05, 4.69) is 4.98 Å². The van der Waals surface area contributed by atoms with Crippen molar-refractivity contribution in [2.75, 3.05) is 0 Å². The molecule has 0 aliphatic rings. The lowest BCUT2D eigenvalue weighted by atomic mass is 10.2. The van der Waals surface area contributed by atoms with Crippen molar-refractivity contribution < 1.29 is 4.79 Å². The van der Waals surface area contributed by atoms with Crippen LogP contribution >= 0.6 is 0 Å². The maximum absolute atomic E-state index is 11.7. The van der Waals surface area contributed by atoms with Crippen molar-refractivity contribution in [2.24, 2.45) is 0 Å². The lowest BCUT2D eigenvalue weighted by molar-refractivity contribution is -0.108. The van der Waals surface area contributed by atoms with Gasteiger partial charge in [0.05, 0.1) is 17.6 Å². The largest absolute Gasteiger partial charge is 0.301 e. The molecule has 0 aliphatic carbocycles. The Morgan fingerprint density at radius 3 is 2.94 bits per heavy atom. The van der Waals surface area contributed by atoms with Crippen LogP contribution in [0.15, 0.2) is 35.3 Å². The van der Waals surface area contributed by atoms with Gasteiger partial charge in [0.2, 0.25) is 0 Å². The number of allylic oxidation sites excluding steroid dienone is 1. The molecule has 0 fully saturated rings. The number of aldehydes is 1. The van der Waals surface area contributed by atoms with Crippen molar-refractivity contribution in [3.05, 3.63) is 46.4 Å². The molecule has 0 bridgehead atoms. The summed E-state index contributed by atoms with van der Waals surface area (Å²) in [6.07, 6.45) is 6.24. The molecule has 0 saturated carbocycles. The minimum atomic E-state index is -0.191. The third-order valence-electron chi connectivity index (χ3n) is 2.48. The molecular weight excluding hydrogens is 216 g/mol. The fraction of sp³-hybridized carbons (Fsp3) is 0.154. The zero-order chi connectivity index (χ0) is 12.3. The molecule has 2 rings (SSSR count). The average molecular weight is 228 g/mol. The highest BCUT2D eigenvalue weighted by Crippen LogP contribution is 2.12. The Morgan fingerprint density at radius 1 is 1.41 bits per heavy atom. The number of hydrogen-bond acceptors (Lipinski definition) is 3. The Morgan fingerprint density at radius 2 is 2.24 bits per heavy atom. The zero-order valence-corrected chi connectivity index (χ0v) is 9.46. The van der Waals surface area contributed by atoms with Gasteiger partial charge in [-0.05, 0) is 24.6 Å². The molecule has 86 valence electrons. The fourth-order valence-electron chi connectivity index (χ4n) is 1.73. The highest BCUT2D eigenvalue weighted by atomic mass is 16.1. The summed E-state index contributed by atoms with van der Waals surface area (Å²) in [4.78, 5) is 26.5. The topological polar surface area (TPSA) is 52.0 Å². The van der Waals surface area contributed by atoms with Gasteiger partial charge in [-0.25, -0.2) is 0 Å². The van der Waals surface area contributed by atoms with E-state index in [4.69, 9.17) is 0 Å². The normalized spacial score (nSPS) is 11.1. The van der Waals surface area contributed by atoms with E-state index in [9.17, 15) is 9.59 Å². The first-order chi connectivity index (χ1) is 8.26. The highest BCUT2D eigenvalue weighted by molar-refractivity contribution is 5.77. The summed E-state index contributed by atoms with van der Waals surface area (Å²) in [6, 6.07) is 4.94. The summed E-state index contributed by atoms with van der Waals surface area (Å²) in [5.41, 5.74) is 2.11. The maximum atomic E-state index is 11.7. The quantitative estimate of drug-likeness (QED) is 0.750. The molecule has 2 heterocycles. The highest BCUT2D eigenvalue weighted by Gasteiger charge is 2.03. The van der Waals surface area contributed by atoms with Gasteiger partial charge < -0.3 is 4.79 Å². The summed E-state index contributed by atoms with van der Waals surface area (Å²) in [5, 5.41) is 0. The van der Waals surface area contributed by atoms with Crippen molar-refractivity contribution in [3.8, 4) is 0 Å². The predicted molar refractivity (Wildman–Crippen MR) is 66.8 cm³/mol. The molecule has 0 amide bonds. The lowest BCUT2D eigenvalue weighted by Crippen LogP contribution is -2.20. The van der Waals surface area contributed by atoms with Crippen LogP contribution in [0.4, 0.5) is 0 Å². The Labute approximate surface area is 98.2 Å². The first-order valence-corrected chi connectivity index (χ1v) is 5.32. The number of aromatic nitrogens is 2. The van der Waals surface area contributed by atoms with Crippen molar-refractivity contribution >= 4 is 23.4 Å². The smallest absolute Gasteiger partial charge is 0.251 e. The Balaban J connectivity index is 2.75. The minimum Gasteiger partial charge on any atom is -0.301 e. The molecule has 0 aliphatic heterocycles. The van der Waals surface area contributed by atoms with Crippen LogP contribution in [-0.2, 0) is 11.3 Å². The number of nitrogens with zero attached hydrogens (tertiary/aromatic N) is 2. The molecule has 4 nitrogen and oxygen atoms in total. The minimum absolute atomic E-state index is 0.0527. The van der Waals surface area contributed by atoms with Gasteiger partial charge in [0.25, 0.3) is 5.56 Å². The first-order valence-electron chi connectivity index (χ1n) is 5.32. The van der Waals surface area contributed by atoms with Crippen molar-refractivity contribution in [1.82, 2.24) is 9.55 Å². The van der Waals surface area contributed by atoms with Crippen LogP contribution in [-0.4, -0.2) is 15.8 Å². The van der Waals surface area contributed by atoms with Crippen LogP contribution in [0.5, 0.6) is 0 Å². The molecule has 0 aromatic carbocycles. The SMILES string of the molecule is C/C=C/c1cnc2ccc(=O)n(CC=O)c2c1. The van der Waals surface area contributed by atoms with Crippen LogP contribution in [0.25, 0.3) is 17.1 Å². The predicted octanol–water partition coefficient (Wildman–Crippen LogP) is 1.63. The Bertz CT molecular complexity index is 641. The average Bonchev–Trinajstić information content (AvgIpc) is 2.33. The van der Waals surface area contributed by atoms with E-state index in [1.165, 1.54) is 10.6 Å². The van der Waals surface area contributed by atoms with E-state index in [-0.39, 0.29) is 12.1 Å². The summed E-state index contributed by atoms with van der Waals surface area (Å²) >= 11 is 0. The van der Waals surface area contributed by atoms with Gasteiger partial charge in [-0.1, -0.05) is 12.2 Å². The molecule has 0 saturated heterocycles. The van der Waals surface area contributed by atoms with Gasteiger partial charge in [-0.3, -0.25) is 14.3 Å². The summed E-state index contributed by atoms with van der Waals surface area (Å²) in [5.74, 6) is 0. The zero-order valence-electron chi connectivity index (χ0n) is 9.46. The molecule has 2 aromatic heterocycles. The molecule has 0 unspecified atom stereocenters. The number of hydrogen-bond donors (Lipinski definition) is 0. The van der Waals surface area contributed by atoms with E-state index >= 15 is 0 Å². The van der Waals surface area contributed by atoms with Gasteiger partial charge in [-0.15, -0.1) is 0 Å². The molecular formula is C13H12N2O2. The van der Waals surface area contributed by atoms with Gasteiger partial charge in [0.15, 0.2) is 0 Å². The first kappa shape index (κ1) is 11.3. The lowest BCUT2D eigenvalue weighted by Gasteiger charge is -2.06. The van der Waals surface area contributed by atoms with Gasteiger partial charge in [0.1, 0.15) is 6.29 Å². The molecule has 4 heteroatoms. The van der Waals surface area contributed by atoms with Crippen LogP contribution in [0.2, 0.25) is 0 Å². The molecule has 0 radical (unpaired) electrons. The summed E-state index contributed by atoms with van der Waals surface area (Å²) in [7, 11) is 0. The maximum Gasteiger partial charge on any atom is 0.251 e. The van der Waals surface area contributed by atoms with E-state index in [0.29, 0.717) is 17.3 Å². The third-order valence-corrected chi connectivity index (χ3v) is 2.48. The van der Waals surface area contributed by atoms with Crippen molar-refractivity contribution in [3.63, 3.8) is 0 Å². The number of rotatable bonds is 3. The van der Waals surface area contributed by atoms with Crippen molar-refractivity contribution in [1.29, 1.82) is 0 Å². The van der Waals surface area contributed by atoms with E-state index < -0.39 is 0 Å². The molecule has 0 atom stereocenters. The molecule has 0 N–H and O–H groups in total. The van der Waals surface area contributed by atoms with Crippen molar-refractivity contribution in [2.45, 2.75) is 13.5 Å². The van der Waals surface area contributed by atoms with Gasteiger partial charge in [-0.2, -0.15) is 0 Å². The van der Waals surface area contributed by atoms with Gasteiger partial charge in [0, 0.05) is 12.3 Å².